The Balaban J connectivity index is -0.000000146. The molecule has 0 heterocycles. The number of rotatable bonds is 82. The Hall–Kier alpha value is -5.97. The second kappa shape index (κ2) is 149. The van der Waals surface area contributed by atoms with Gasteiger partial charge >= 0.3 is 29.8 Å². The van der Waals surface area contributed by atoms with Crippen molar-refractivity contribution in [2.24, 2.45) is 0 Å². The Morgan fingerprint density at radius 2 is 0.250 bits per heavy atom. The van der Waals surface area contributed by atoms with Crippen LogP contribution in [0.5, 0.6) is 0 Å². The minimum Gasteiger partial charge on any atom is -0.481 e. The Morgan fingerprint density at radius 3 is 0.338 bits per heavy atom. The molecule has 0 rings (SSSR count). The number of unbranched alkanes of at least 4 members (excludes halogenated alkanes) is 40. The summed E-state index contributed by atoms with van der Waals surface area (Å²) in [6.45, 7) is 6.80. The van der Waals surface area contributed by atoms with Gasteiger partial charge in [0.1, 0.15) is 36.6 Å². The van der Waals surface area contributed by atoms with Crippen molar-refractivity contribution in [3.05, 3.63) is 122 Å². The number of hydrogen-bond acceptors (Lipinski definition) is 23. The molecule has 808 valence electrons. The first-order chi connectivity index (χ1) is 65.7. The number of hydrogen-bond donors (Lipinski definition) is 23. The van der Waals surface area contributed by atoms with Crippen LogP contribution in [0.4, 0.5) is 0 Å². The van der Waals surface area contributed by atoms with Gasteiger partial charge in [-0.05, 0) is 193 Å². The average Bonchev–Trinajstić information content (AvgIpc) is 0.819. The number of aliphatic carboxylic acids is 5. The van der Waals surface area contributed by atoms with Crippen LogP contribution >= 0.6 is 0 Å². The molecule has 0 aromatic carbocycles. The number of aliphatic hydroxyl groups is 18. The van der Waals surface area contributed by atoms with Crippen LogP contribution in [-0.4, -0.2) is 263 Å². The minimum atomic E-state index is -0.954. The quantitative estimate of drug-likeness (QED) is 0.0199. The van der Waals surface area contributed by atoms with Crippen molar-refractivity contribution in [1.82, 2.24) is 0 Å². The van der Waals surface area contributed by atoms with Gasteiger partial charge in [-0.25, -0.2) is 0 Å². The summed E-state index contributed by atoms with van der Waals surface area (Å²) in [5.41, 5.74) is 0. The van der Waals surface area contributed by atoms with E-state index in [9.17, 15) is 24.0 Å². The summed E-state index contributed by atoms with van der Waals surface area (Å²) >= 11 is 0. The molecule has 0 saturated carbocycles. The molecule has 0 aromatic heterocycles. The highest BCUT2D eigenvalue weighted by Crippen LogP contribution is 2.14. The zero-order valence-electron chi connectivity index (χ0n) is 85.7. The molecule has 28 nitrogen and oxygen atoms in total. The molecule has 136 heavy (non-hydrogen) atoms. The minimum absolute atomic E-state index is 0.324. The molecule has 0 spiro atoms. The van der Waals surface area contributed by atoms with E-state index in [4.69, 9.17) is 117 Å². The maximum Gasteiger partial charge on any atom is 0.303 e. The molecule has 0 saturated heterocycles. The first-order valence-electron chi connectivity index (χ1n) is 51.7. The Bertz CT molecular complexity index is 2130. The van der Waals surface area contributed by atoms with E-state index in [1.807, 2.05) is 0 Å². The van der Waals surface area contributed by atoms with Gasteiger partial charge in [-0.3, -0.25) is 24.0 Å². The van der Waals surface area contributed by atoms with Crippen LogP contribution in [0.1, 0.15) is 420 Å². The third kappa shape index (κ3) is 195. The van der Waals surface area contributed by atoms with Crippen molar-refractivity contribution >= 4 is 29.8 Å². The van der Waals surface area contributed by atoms with Gasteiger partial charge in [0.15, 0.2) is 0 Å². The lowest BCUT2D eigenvalue weighted by Gasteiger charge is -1.98. The van der Waals surface area contributed by atoms with Crippen molar-refractivity contribution in [3.63, 3.8) is 0 Å². The van der Waals surface area contributed by atoms with Crippen LogP contribution in [0.3, 0.4) is 0 Å². The molecule has 0 aliphatic heterocycles. The first-order valence-corrected chi connectivity index (χ1v) is 51.7. The molecule has 0 amide bonds. The summed E-state index contributed by atoms with van der Waals surface area (Å²) in [6.07, 6.45) is 106. The second-order valence-electron chi connectivity index (χ2n) is 33.0. The zero-order chi connectivity index (χ0) is 104. The highest BCUT2D eigenvalue weighted by molar-refractivity contribution is 5.67. The fraction of sp³-hybridized carbons (Fsp3) is 0.769. The zero-order valence-corrected chi connectivity index (χ0v) is 85.7. The van der Waals surface area contributed by atoms with Crippen LogP contribution in [0.2, 0.25) is 0 Å². The lowest BCUT2D eigenvalue weighted by molar-refractivity contribution is -0.138. The molecule has 0 aliphatic rings. The SMILES string of the molecule is CCCCC/C=C\C/C=C\CCCCCCCC(=O)O.CCCCC/C=C\C/C=C\CCCCCCCC(=O)O.CCCCC/C=C\C/C=C\CCCCCCCC(=O)O.CCCCC/C=C\C/C=C\CCCCCCCC(=O)O.CCCCC/C=C\C/C=C\CCCCCCCC(=O)O.OCC(O)CO.OCC(O)CO.OCC(O)CO.OCC(O)CO.OCC(O)CO.OCC(O)CO. The predicted octanol–water partition coefficient (Wildman–Crippen LogP) is 19.4. The number of carboxylic acid groups (broad SMARTS) is 5. The molecular formula is C108H208O28. The predicted molar refractivity (Wildman–Crippen MR) is 556 cm³/mol. The van der Waals surface area contributed by atoms with E-state index in [1.54, 1.807) is 0 Å². The fourth-order valence-electron chi connectivity index (χ4n) is 10.8. The number of carboxylic acids is 5. The summed E-state index contributed by atoms with van der Waals surface area (Å²) in [5.74, 6) is -3.35. The van der Waals surface area contributed by atoms with Gasteiger partial charge in [0, 0.05) is 32.1 Å². The molecule has 0 bridgehead atoms. The van der Waals surface area contributed by atoms with Gasteiger partial charge in [0.05, 0.1) is 79.3 Å². The smallest absolute Gasteiger partial charge is 0.303 e. The van der Waals surface area contributed by atoms with E-state index < -0.39 is 66.5 Å². The van der Waals surface area contributed by atoms with Gasteiger partial charge in [0.2, 0.25) is 0 Å². The second-order valence-corrected chi connectivity index (χ2v) is 33.0. The van der Waals surface area contributed by atoms with E-state index in [-0.39, 0.29) is 79.3 Å². The summed E-state index contributed by atoms with van der Waals surface area (Å²) in [5, 5.41) is 187. The van der Waals surface area contributed by atoms with Crippen LogP contribution < -0.4 is 0 Å². The Labute approximate surface area is 824 Å². The Kier molecular flexibility index (Phi) is 168. The van der Waals surface area contributed by atoms with Crippen LogP contribution in [0, 0.1) is 0 Å². The summed E-state index contributed by atoms with van der Waals surface area (Å²) in [6, 6.07) is 0. The topological polar surface area (TPSA) is 551 Å². The third-order valence-electron chi connectivity index (χ3n) is 19.2. The molecule has 0 atom stereocenters. The molecule has 28 heteroatoms. The van der Waals surface area contributed by atoms with E-state index in [0.717, 1.165) is 128 Å². The molecule has 0 fully saturated rings. The lowest BCUT2D eigenvalue weighted by atomic mass is 10.1. The maximum atomic E-state index is 10.3. The third-order valence-corrected chi connectivity index (χ3v) is 19.2. The van der Waals surface area contributed by atoms with Gasteiger partial charge in [-0.1, -0.05) is 317 Å². The largest absolute Gasteiger partial charge is 0.481 e. The molecule has 0 radical (unpaired) electrons. The summed E-state index contributed by atoms with van der Waals surface area (Å²) in [4.78, 5) is 51.6. The van der Waals surface area contributed by atoms with Crippen LogP contribution in [0.25, 0.3) is 0 Å². The summed E-state index contributed by atoms with van der Waals surface area (Å²) < 4.78 is 0. The van der Waals surface area contributed by atoms with Crippen LogP contribution in [-0.2, 0) is 24.0 Å². The highest BCUT2D eigenvalue weighted by Gasteiger charge is 2.03. The number of aliphatic hydroxyl groups excluding tert-OH is 18. The molecule has 23 N–H and O–H groups in total. The van der Waals surface area contributed by atoms with E-state index in [2.05, 4.69) is 156 Å². The van der Waals surface area contributed by atoms with Crippen molar-refractivity contribution in [2.75, 3.05) is 79.3 Å². The highest BCUT2D eigenvalue weighted by atomic mass is 16.4. The van der Waals surface area contributed by atoms with Gasteiger partial charge < -0.3 is 117 Å². The van der Waals surface area contributed by atoms with Crippen LogP contribution in [0.15, 0.2) is 122 Å². The average molecular weight is 1950 g/mol. The normalized spacial score (nSPS) is 11.2. The van der Waals surface area contributed by atoms with E-state index >= 15 is 0 Å². The van der Waals surface area contributed by atoms with E-state index in [1.165, 1.54) is 225 Å². The monoisotopic (exact) mass is 1950 g/mol. The molecule has 0 aliphatic carbocycles. The Morgan fingerprint density at radius 1 is 0.154 bits per heavy atom. The van der Waals surface area contributed by atoms with Gasteiger partial charge in [0.25, 0.3) is 0 Å². The molecule has 0 unspecified atom stereocenters. The standard InChI is InChI=1S/5C18H32O2.6C3H8O3/c5*1-2-3-4-5-6-7-8-9-10-11-12-13-14-15-16-17-18(19)20;6*4-1-3(6)2-5/h5*6-7,9-10H,2-5,8,11-17H2,1H3,(H,19,20);6*3-6H,1-2H2/b5*7-6-,10-9-;;;;;;. The lowest BCUT2D eigenvalue weighted by Crippen LogP contribution is -2.15. The van der Waals surface area contributed by atoms with Gasteiger partial charge in [-0.2, -0.15) is 0 Å². The fourth-order valence-corrected chi connectivity index (χ4v) is 10.8. The first kappa shape index (κ1) is 153. The van der Waals surface area contributed by atoms with Crippen molar-refractivity contribution in [3.8, 4) is 0 Å². The summed E-state index contributed by atoms with van der Waals surface area (Å²) in [7, 11) is 0. The van der Waals surface area contributed by atoms with E-state index in [0.29, 0.717) is 32.1 Å². The van der Waals surface area contributed by atoms with Crippen molar-refractivity contribution < 1.29 is 141 Å². The molecule has 0 aromatic rings. The van der Waals surface area contributed by atoms with Crippen molar-refractivity contribution in [2.45, 2.75) is 456 Å². The van der Waals surface area contributed by atoms with Crippen molar-refractivity contribution in [1.29, 1.82) is 0 Å². The van der Waals surface area contributed by atoms with Gasteiger partial charge in [-0.15, -0.1) is 0 Å². The number of allylic oxidation sites excluding steroid dienone is 20. The number of carbonyl (C=O) groups is 5. The molecular weight excluding hydrogens is 1750 g/mol. The maximum absolute atomic E-state index is 10.3.